The zero-order chi connectivity index (χ0) is 16.4. The number of aliphatic hydroxyl groups excluding tert-OH is 1. The van der Waals surface area contributed by atoms with E-state index in [-0.39, 0.29) is 6.09 Å². The summed E-state index contributed by atoms with van der Waals surface area (Å²) in [5.74, 6) is 0.300. The highest BCUT2D eigenvalue weighted by molar-refractivity contribution is 7.16. The number of nitrogens with zero attached hydrogens (tertiary/aromatic N) is 2. The fraction of sp³-hybridized carbons (Fsp3) is 0.625. The first-order chi connectivity index (χ1) is 11.1. The summed E-state index contributed by atoms with van der Waals surface area (Å²) in [4.78, 5) is 14.8. The topological polar surface area (TPSA) is 85.6 Å². The molecule has 0 aromatic carbocycles. The van der Waals surface area contributed by atoms with Gasteiger partial charge in [-0.15, -0.1) is 11.3 Å². The van der Waals surface area contributed by atoms with Crippen LogP contribution in [-0.2, 0) is 17.6 Å². The second-order valence-electron chi connectivity index (χ2n) is 6.14. The third kappa shape index (κ3) is 3.28. The molecule has 1 aromatic heterocycles. The van der Waals surface area contributed by atoms with Gasteiger partial charge in [0.2, 0.25) is 0 Å². The molecule has 3 rings (SSSR count). The van der Waals surface area contributed by atoms with Crippen molar-refractivity contribution in [3.63, 3.8) is 0 Å². The van der Waals surface area contributed by atoms with E-state index < -0.39 is 6.10 Å². The zero-order valence-corrected chi connectivity index (χ0v) is 14.0. The second kappa shape index (κ2) is 6.77. The number of rotatable bonds is 3. The average molecular weight is 335 g/mol. The van der Waals surface area contributed by atoms with E-state index in [1.165, 1.54) is 4.88 Å². The molecule has 23 heavy (non-hydrogen) atoms. The maximum atomic E-state index is 12.0. The molecule has 0 spiro atoms. The van der Waals surface area contributed by atoms with Crippen LogP contribution in [0.25, 0.3) is 0 Å². The Kier molecular flexibility index (Phi) is 4.74. The SMILES string of the molecule is CNc1sc2c(c1C#N)CCC(COC(=O)N1CC[C@@H](O)C1)C2. The van der Waals surface area contributed by atoms with Gasteiger partial charge in [0.25, 0.3) is 0 Å². The van der Waals surface area contributed by atoms with Crippen LogP contribution in [0.3, 0.4) is 0 Å². The molecule has 1 unspecified atom stereocenters. The summed E-state index contributed by atoms with van der Waals surface area (Å²) in [5, 5.41) is 22.8. The molecule has 124 valence electrons. The number of thiophene rings is 1. The number of ether oxygens (including phenoxy) is 1. The van der Waals surface area contributed by atoms with E-state index in [0.29, 0.717) is 32.0 Å². The van der Waals surface area contributed by atoms with Crippen LogP contribution in [0, 0.1) is 17.2 Å². The number of carbonyl (C=O) groups excluding carboxylic acids is 1. The highest BCUT2D eigenvalue weighted by Crippen LogP contribution is 2.39. The third-order valence-electron chi connectivity index (χ3n) is 4.57. The molecular weight excluding hydrogens is 314 g/mol. The van der Waals surface area contributed by atoms with Gasteiger partial charge in [-0.25, -0.2) is 4.79 Å². The van der Waals surface area contributed by atoms with Crippen molar-refractivity contribution in [3.8, 4) is 6.07 Å². The minimum Gasteiger partial charge on any atom is -0.449 e. The molecule has 0 saturated carbocycles. The Labute approximate surface area is 139 Å². The van der Waals surface area contributed by atoms with Crippen molar-refractivity contribution >= 4 is 22.4 Å². The molecular formula is C16H21N3O3S. The molecule has 2 heterocycles. The Balaban J connectivity index is 1.57. The number of anilines is 1. The molecule has 1 aromatic rings. The van der Waals surface area contributed by atoms with Crippen molar-refractivity contribution in [2.45, 2.75) is 31.8 Å². The van der Waals surface area contributed by atoms with Crippen molar-refractivity contribution in [1.29, 1.82) is 5.26 Å². The van der Waals surface area contributed by atoms with Gasteiger partial charge in [-0.3, -0.25) is 0 Å². The number of fused-ring (bicyclic) bond motifs is 1. The lowest BCUT2D eigenvalue weighted by molar-refractivity contribution is 0.0864. The van der Waals surface area contributed by atoms with E-state index in [0.717, 1.165) is 35.4 Å². The number of carbonyl (C=O) groups is 1. The summed E-state index contributed by atoms with van der Waals surface area (Å²) in [5.41, 5.74) is 1.93. The summed E-state index contributed by atoms with van der Waals surface area (Å²) in [6.45, 7) is 1.34. The molecule has 1 fully saturated rings. The Hall–Kier alpha value is -1.78. The first-order valence-corrected chi connectivity index (χ1v) is 8.76. The van der Waals surface area contributed by atoms with Gasteiger partial charge in [0.15, 0.2) is 0 Å². The summed E-state index contributed by atoms with van der Waals surface area (Å²) < 4.78 is 5.42. The zero-order valence-electron chi connectivity index (χ0n) is 13.2. The van der Waals surface area contributed by atoms with Gasteiger partial charge in [0.1, 0.15) is 11.1 Å². The van der Waals surface area contributed by atoms with Gasteiger partial charge < -0.3 is 20.1 Å². The normalized spacial score (nSPS) is 23.3. The molecule has 1 saturated heterocycles. The number of nitrogens with one attached hydrogen (secondary N) is 1. The predicted octanol–water partition coefficient (Wildman–Crippen LogP) is 1.97. The van der Waals surface area contributed by atoms with Gasteiger partial charge in [-0.05, 0) is 37.2 Å². The highest BCUT2D eigenvalue weighted by Gasteiger charge is 2.29. The summed E-state index contributed by atoms with van der Waals surface area (Å²) in [6, 6.07) is 2.29. The lowest BCUT2D eigenvalue weighted by Crippen LogP contribution is -2.32. The smallest absolute Gasteiger partial charge is 0.409 e. The van der Waals surface area contributed by atoms with Crippen molar-refractivity contribution in [2.24, 2.45) is 5.92 Å². The standard InChI is InChI=1S/C16H21N3O3S/c1-18-15-13(7-17)12-3-2-10(6-14(12)23-15)9-22-16(21)19-5-4-11(20)8-19/h10-11,18,20H,2-6,8-9H2,1H3/t10?,11-/m1/s1. The quantitative estimate of drug-likeness (QED) is 0.882. The first-order valence-electron chi connectivity index (χ1n) is 7.94. The van der Waals surface area contributed by atoms with Crippen LogP contribution in [0.2, 0.25) is 0 Å². The van der Waals surface area contributed by atoms with Crippen LogP contribution in [0.4, 0.5) is 9.80 Å². The van der Waals surface area contributed by atoms with Gasteiger partial charge in [-0.1, -0.05) is 0 Å². The minimum absolute atomic E-state index is 0.300. The lowest BCUT2D eigenvalue weighted by Gasteiger charge is -2.23. The molecule has 2 N–H and O–H groups in total. The van der Waals surface area contributed by atoms with Crippen LogP contribution >= 0.6 is 11.3 Å². The van der Waals surface area contributed by atoms with E-state index in [9.17, 15) is 15.2 Å². The van der Waals surface area contributed by atoms with Crippen LogP contribution in [0.5, 0.6) is 0 Å². The fourth-order valence-electron chi connectivity index (χ4n) is 3.28. The molecule has 1 amide bonds. The third-order valence-corrected chi connectivity index (χ3v) is 5.84. The average Bonchev–Trinajstić information content (AvgIpc) is 3.14. The van der Waals surface area contributed by atoms with E-state index in [1.54, 1.807) is 16.2 Å². The molecule has 6 nitrogen and oxygen atoms in total. The Morgan fingerprint density at radius 3 is 3.04 bits per heavy atom. The number of likely N-dealkylation sites (tertiary alicyclic amines) is 1. The van der Waals surface area contributed by atoms with Gasteiger partial charge in [0, 0.05) is 25.0 Å². The summed E-state index contributed by atoms with van der Waals surface area (Å²) in [7, 11) is 1.84. The van der Waals surface area contributed by atoms with Gasteiger partial charge >= 0.3 is 6.09 Å². The fourth-order valence-corrected chi connectivity index (χ4v) is 4.54. The van der Waals surface area contributed by atoms with Crippen LogP contribution in [0.15, 0.2) is 0 Å². The van der Waals surface area contributed by atoms with Crippen molar-refractivity contribution < 1.29 is 14.6 Å². The summed E-state index contributed by atoms with van der Waals surface area (Å²) >= 11 is 1.63. The van der Waals surface area contributed by atoms with E-state index in [4.69, 9.17) is 4.74 Å². The molecule has 0 bridgehead atoms. The van der Waals surface area contributed by atoms with Crippen molar-refractivity contribution in [3.05, 3.63) is 16.0 Å². The van der Waals surface area contributed by atoms with Gasteiger partial charge in [-0.2, -0.15) is 5.26 Å². The maximum absolute atomic E-state index is 12.0. The number of amides is 1. The Morgan fingerprint density at radius 1 is 1.57 bits per heavy atom. The van der Waals surface area contributed by atoms with Crippen LogP contribution in [-0.4, -0.2) is 48.9 Å². The molecule has 0 radical (unpaired) electrons. The van der Waals surface area contributed by atoms with Crippen molar-refractivity contribution in [1.82, 2.24) is 4.90 Å². The van der Waals surface area contributed by atoms with E-state index >= 15 is 0 Å². The number of aliphatic hydroxyl groups is 1. The molecule has 2 aliphatic rings. The molecule has 2 atom stereocenters. The van der Waals surface area contributed by atoms with E-state index in [1.807, 2.05) is 7.05 Å². The van der Waals surface area contributed by atoms with Crippen LogP contribution < -0.4 is 5.32 Å². The number of hydrogen-bond donors (Lipinski definition) is 2. The molecule has 1 aliphatic carbocycles. The Bertz CT molecular complexity index is 637. The van der Waals surface area contributed by atoms with E-state index in [2.05, 4.69) is 11.4 Å². The molecule has 7 heteroatoms. The highest BCUT2D eigenvalue weighted by atomic mass is 32.1. The monoisotopic (exact) mass is 335 g/mol. The minimum atomic E-state index is -0.421. The van der Waals surface area contributed by atoms with Crippen LogP contribution in [0.1, 0.15) is 28.8 Å². The first kappa shape index (κ1) is 16.1. The second-order valence-corrected chi connectivity index (χ2v) is 7.25. The summed E-state index contributed by atoms with van der Waals surface area (Å²) in [6.07, 6.45) is 2.52. The molecule has 1 aliphatic heterocycles. The number of nitriles is 1. The largest absolute Gasteiger partial charge is 0.449 e. The number of β-amino-alcohol motifs (C(OH)–C–C–N with tert-alkyl or cyclic N) is 1. The Morgan fingerprint density at radius 2 is 2.39 bits per heavy atom. The van der Waals surface area contributed by atoms with Crippen molar-refractivity contribution in [2.75, 3.05) is 32.1 Å². The lowest BCUT2D eigenvalue weighted by atomic mass is 9.88. The van der Waals surface area contributed by atoms with Gasteiger partial charge in [0.05, 0.1) is 18.3 Å². The predicted molar refractivity (Wildman–Crippen MR) is 87.6 cm³/mol. The number of hydrogen-bond acceptors (Lipinski definition) is 6. The maximum Gasteiger partial charge on any atom is 0.409 e.